The van der Waals surface area contributed by atoms with Gasteiger partial charge in [-0.25, -0.2) is 4.57 Å². The van der Waals surface area contributed by atoms with Crippen LogP contribution in [0.3, 0.4) is 0 Å². The Morgan fingerprint density at radius 2 is 1.87 bits per heavy atom. The zero-order chi connectivity index (χ0) is 18.1. The summed E-state index contributed by atoms with van der Waals surface area (Å²) in [6, 6.07) is 0. The zero-order valence-corrected chi connectivity index (χ0v) is 15.5. The van der Waals surface area contributed by atoms with Crippen molar-refractivity contribution in [2.24, 2.45) is 5.41 Å². The quantitative estimate of drug-likeness (QED) is 0.378. The van der Waals surface area contributed by atoms with Crippen molar-refractivity contribution in [3.63, 3.8) is 0 Å². The van der Waals surface area contributed by atoms with Gasteiger partial charge in [-0.05, 0) is 13.8 Å². The van der Waals surface area contributed by atoms with E-state index in [4.69, 9.17) is 4.52 Å². The van der Waals surface area contributed by atoms with Gasteiger partial charge in [-0.2, -0.15) is 0 Å². The molecule has 0 spiro atoms. The van der Waals surface area contributed by atoms with Gasteiger partial charge in [0.1, 0.15) is 6.10 Å². The molecule has 0 aromatic rings. The molecule has 0 radical (unpaired) electrons. The van der Waals surface area contributed by atoms with E-state index in [0.717, 1.165) is 12.2 Å². The number of aliphatic hydroxyl groups excluding tert-OH is 1. The van der Waals surface area contributed by atoms with Crippen molar-refractivity contribution in [1.82, 2.24) is 10.6 Å². The van der Waals surface area contributed by atoms with Crippen LogP contribution in [0.25, 0.3) is 0 Å². The molecule has 2 atom stereocenters. The molecule has 2 unspecified atom stereocenters. The number of phosphoric ester groups is 1. The summed E-state index contributed by atoms with van der Waals surface area (Å²) in [4.78, 5) is 9.43. The average Bonchev–Trinajstić information content (AvgIpc) is 2.44. The highest BCUT2D eigenvalue weighted by Crippen LogP contribution is 2.45. The van der Waals surface area contributed by atoms with Crippen LogP contribution in [-0.2, 0) is 13.6 Å². The summed E-state index contributed by atoms with van der Waals surface area (Å²) in [5.74, 6) is 0. The maximum absolute atomic E-state index is 11.5. The second-order valence-electron chi connectivity index (χ2n) is 5.89. The second-order valence-corrected chi connectivity index (χ2v) is 7.34. The first-order chi connectivity index (χ1) is 10.6. The van der Waals surface area contributed by atoms with Crippen LogP contribution in [0.5, 0.6) is 0 Å². The minimum Gasteiger partial charge on any atom is -0.389 e. The summed E-state index contributed by atoms with van der Waals surface area (Å²) in [6.07, 6.45) is -0.247. The fourth-order valence-corrected chi connectivity index (χ4v) is 2.70. The fourth-order valence-electron chi connectivity index (χ4n) is 1.81. The SMILES string of the molecule is C=C(CCNC(=C)C(O)C(C)(C)COP(=O)(O)OCC)NCC. The molecule has 4 N–H and O–H groups in total. The molecule has 0 rings (SSSR count). The summed E-state index contributed by atoms with van der Waals surface area (Å²) in [6.45, 7) is 16.0. The van der Waals surface area contributed by atoms with E-state index in [-0.39, 0.29) is 13.2 Å². The van der Waals surface area contributed by atoms with E-state index in [0.29, 0.717) is 18.7 Å². The molecule has 0 bridgehead atoms. The van der Waals surface area contributed by atoms with Gasteiger partial charge >= 0.3 is 7.82 Å². The molecule has 7 nitrogen and oxygen atoms in total. The number of hydrogen-bond donors (Lipinski definition) is 4. The summed E-state index contributed by atoms with van der Waals surface area (Å²) >= 11 is 0. The minimum absolute atomic E-state index is 0.0701. The molecule has 0 fully saturated rings. The van der Waals surface area contributed by atoms with Gasteiger partial charge in [-0.15, -0.1) is 0 Å². The van der Waals surface area contributed by atoms with E-state index in [2.05, 4.69) is 28.3 Å². The summed E-state index contributed by atoms with van der Waals surface area (Å²) in [5, 5.41) is 16.5. The van der Waals surface area contributed by atoms with Crippen molar-refractivity contribution >= 4 is 7.82 Å². The number of nitrogens with one attached hydrogen (secondary N) is 2. The first-order valence-corrected chi connectivity index (χ1v) is 9.19. The molecule has 0 aromatic heterocycles. The van der Waals surface area contributed by atoms with Crippen LogP contribution >= 0.6 is 7.82 Å². The molecule has 8 heteroatoms. The molecule has 23 heavy (non-hydrogen) atoms. The highest BCUT2D eigenvalue weighted by Gasteiger charge is 2.34. The van der Waals surface area contributed by atoms with Crippen molar-refractivity contribution < 1.29 is 23.6 Å². The molecule has 0 heterocycles. The van der Waals surface area contributed by atoms with Gasteiger partial charge in [0.15, 0.2) is 0 Å². The number of rotatable bonds is 13. The molecule has 136 valence electrons. The topological polar surface area (TPSA) is 100 Å². The second kappa shape index (κ2) is 10.1. The van der Waals surface area contributed by atoms with Crippen LogP contribution in [0.2, 0.25) is 0 Å². The molecular weight excluding hydrogens is 319 g/mol. The van der Waals surface area contributed by atoms with E-state index in [1.54, 1.807) is 20.8 Å². The van der Waals surface area contributed by atoms with Gasteiger partial charge in [-0.3, -0.25) is 9.05 Å². The smallest absolute Gasteiger partial charge is 0.389 e. The lowest BCUT2D eigenvalue weighted by Gasteiger charge is -2.32. The van der Waals surface area contributed by atoms with E-state index < -0.39 is 19.3 Å². The Morgan fingerprint density at radius 1 is 1.26 bits per heavy atom. The Hall–Kier alpha value is -0.850. The lowest BCUT2D eigenvalue weighted by Crippen LogP contribution is -2.39. The molecule has 0 aromatic carbocycles. The third kappa shape index (κ3) is 9.13. The van der Waals surface area contributed by atoms with Crippen molar-refractivity contribution in [2.45, 2.75) is 40.2 Å². The van der Waals surface area contributed by atoms with Crippen molar-refractivity contribution in [3.8, 4) is 0 Å². The number of hydrogen-bond acceptors (Lipinski definition) is 6. The Labute approximate surface area is 139 Å². The Morgan fingerprint density at radius 3 is 2.39 bits per heavy atom. The van der Waals surface area contributed by atoms with Gasteiger partial charge in [0, 0.05) is 36.3 Å². The van der Waals surface area contributed by atoms with Crippen LogP contribution in [-0.4, -0.2) is 42.4 Å². The maximum atomic E-state index is 11.5. The third-order valence-corrected chi connectivity index (χ3v) is 4.21. The third-order valence-electron chi connectivity index (χ3n) is 3.17. The summed E-state index contributed by atoms with van der Waals surface area (Å²) in [5.41, 5.74) is 0.521. The highest BCUT2D eigenvalue weighted by atomic mass is 31.2. The highest BCUT2D eigenvalue weighted by molar-refractivity contribution is 7.47. The van der Waals surface area contributed by atoms with Crippen LogP contribution in [0, 0.1) is 5.41 Å². The van der Waals surface area contributed by atoms with Gasteiger partial charge in [0.2, 0.25) is 0 Å². The van der Waals surface area contributed by atoms with Crippen LogP contribution < -0.4 is 10.6 Å². The Kier molecular flexibility index (Phi) is 9.73. The molecular formula is C15H31N2O5P. The maximum Gasteiger partial charge on any atom is 0.472 e. The van der Waals surface area contributed by atoms with Gasteiger partial charge < -0.3 is 20.6 Å². The van der Waals surface area contributed by atoms with Crippen molar-refractivity contribution in [1.29, 1.82) is 0 Å². The average molecular weight is 350 g/mol. The van der Waals surface area contributed by atoms with Crippen LogP contribution in [0.1, 0.15) is 34.1 Å². The van der Waals surface area contributed by atoms with Gasteiger partial charge in [0.05, 0.1) is 13.2 Å². The molecule has 0 aliphatic heterocycles. The van der Waals surface area contributed by atoms with Gasteiger partial charge in [0.25, 0.3) is 0 Å². The van der Waals surface area contributed by atoms with Crippen LogP contribution in [0.15, 0.2) is 24.6 Å². The molecule has 0 saturated carbocycles. The Bertz CT molecular complexity index is 440. The normalized spacial score (nSPS) is 15.6. The molecule has 0 amide bonds. The minimum atomic E-state index is -4.08. The van der Waals surface area contributed by atoms with Crippen molar-refractivity contribution in [3.05, 3.63) is 24.6 Å². The van der Waals surface area contributed by atoms with Crippen LogP contribution in [0.4, 0.5) is 0 Å². The summed E-state index contributed by atoms with van der Waals surface area (Å²) < 4.78 is 21.1. The van der Waals surface area contributed by atoms with E-state index in [9.17, 15) is 14.6 Å². The fraction of sp³-hybridized carbons (Fsp3) is 0.733. The number of aliphatic hydroxyl groups is 1. The van der Waals surface area contributed by atoms with Gasteiger partial charge in [-0.1, -0.05) is 27.0 Å². The van der Waals surface area contributed by atoms with E-state index >= 15 is 0 Å². The van der Waals surface area contributed by atoms with E-state index in [1.807, 2.05) is 6.92 Å². The predicted octanol–water partition coefficient (Wildman–Crippen LogP) is 2.14. The van der Waals surface area contributed by atoms with Crippen molar-refractivity contribution in [2.75, 3.05) is 26.3 Å². The lowest BCUT2D eigenvalue weighted by atomic mass is 9.86. The summed E-state index contributed by atoms with van der Waals surface area (Å²) in [7, 11) is -4.08. The predicted molar refractivity (Wildman–Crippen MR) is 91.8 cm³/mol. The molecule has 0 saturated heterocycles. The monoisotopic (exact) mass is 350 g/mol. The van der Waals surface area contributed by atoms with E-state index in [1.165, 1.54) is 0 Å². The lowest BCUT2D eigenvalue weighted by molar-refractivity contribution is 0.0215. The zero-order valence-electron chi connectivity index (χ0n) is 14.6. The Balaban J connectivity index is 4.38. The number of phosphoric acid groups is 1. The first-order valence-electron chi connectivity index (χ1n) is 7.70. The molecule has 0 aliphatic rings. The largest absolute Gasteiger partial charge is 0.472 e. The first kappa shape index (κ1) is 22.1. The standard InChI is InChI=1S/C15H31N2O5P/c1-7-16-12(3)9-10-17-13(4)14(18)15(5,6)11-22-23(19,20)21-8-2/h14,16-18H,3-4,7-11H2,1-2,5-6H3,(H,19,20). The molecule has 0 aliphatic carbocycles.